The molecule has 2 aliphatic heterocycles. The van der Waals surface area contributed by atoms with Gasteiger partial charge in [0.2, 0.25) is 21.8 Å². The van der Waals surface area contributed by atoms with Gasteiger partial charge in [-0.25, -0.2) is 8.42 Å². The summed E-state index contributed by atoms with van der Waals surface area (Å²) in [5.74, 6) is -0.493. The van der Waals surface area contributed by atoms with Gasteiger partial charge in [-0.3, -0.25) is 24.0 Å². The third-order valence-electron chi connectivity index (χ3n) is 6.01. The van der Waals surface area contributed by atoms with Crippen molar-refractivity contribution in [2.24, 2.45) is 0 Å². The van der Waals surface area contributed by atoms with Crippen LogP contribution in [-0.2, 0) is 19.6 Å². The Bertz CT molecular complexity index is 1000. The molecule has 0 spiro atoms. The largest absolute Gasteiger partial charge is 0.339 e. The van der Waals surface area contributed by atoms with Crippen LogP contribution in [0.15, 0.2) is 18.2 Å². The van der Waals surface area contributed by atoms with E-state index in [1.54, 1.807) is 4.90 Å². The standard InChI is InChI=1S/C22H33N5O5S/c1-16-6-4-5-9-27(16)21(29)15-25-10-12-26(13-11-25)22(30)19-14-18(23-17(2)28)7-8-20(19)24-33(3,31)32/h7-8,14,16,24H,4-6,9-13,15H2,1-3H3,(H,23,28). The fraction of sp³-hybridized carbons (Fsp3) is 0.591. The zero-order valence-electron chi connectivity index (χ0n) is 19.5. The molecule has 2 N–H and O–H groups in total. The van der Waals surface area contributed by atoms with Crippen molar-refractivity contribution in [3.05, 3.63) is 23.8 Å². The summed E-state index contributed by atoms with van der Waals surface area (Å²) < 4.78 is 25.9. The average Bonchev–Trinajstić information content (AvgIpc) is 2.74. The van der Waals surface area contributed by atoms with E-state index < -0.39 is 10.0 Å². The molecular weight excluding hydrogens is 446 g/mol. The molecule has 0 radical (unpaired) electrons. The second kappa shape index (κ2) is 10.5. The van der Waals surface area contributed by atoms with Gasteiger partial charge < -0.3 is 15.1 Å². The highest BCUT2D eigenvalue weighted by molar-refractivity contribution is 7.92. The highest BCUT2D eigenvalue weighted by Gasteiger charge is 2.28. The van der Waals surface area contributed by atoms with E-state index in [9.17, 15) is 22.8 Å². The minimum atomic E-state index is -3.60. The van der Waals surface area contributed by atoms with Crippen molar-refractivity contribution in [1.82, 2.24) is 14.7 Å². The molecule has 0 aliphatic carbocycles. The first-order chi connectivity index (χ1) is 15.5. The molecule has 1 unspecified atom stereocenters. The van der Waals surface area contributed by atoms with Crippen LogP contribution in [0.25, 0.3) is 0 Å². The molecule has 2 aliphatic rings. The first-order valence-corrected chi connectivity index (χ1v) is 13.1. The van der Waals surface area contributed by atoms with Crippen molar-refractivity contribution >= 4 is 39.1 Å². The first kappa shape index (κ1) is 25.0. The van der Waals surface area contributed by atoms with Gasteiger partial charge in [0.1, 0.15) is 0 Å². The lowest BCUT2D eigenvalue weighted by Gasteiger charge is -2.38. The molecule has 33 heavy (non-hydrogen) atoms. The monoisotopic (exact) mass is 479 g/mol. The van der Waals surface area contributed by atoms with E-state index in [-0.39, 0.29) is 35.0 Å². The number of likely N-dealkylation sites (tertiary alicyclic amines) is 1. The molecule has 1 atom stereocenters. The second-order valence-electron chi connectivity index (χ2n) is 8.82. The predicted molar refractivity (Wildman–Crippen MR) is 127 cm³/mol. The van der Waals surface area contributed by atoms with Gasteiger partial charge in [-0.2, -0.15) is 0 Å². The van der Waals surface area contributed by atoms with Crippen LogP contribution in [-0.4, -0.2) is 92.4 Å². The number of piperazine rings is 1. The van der Waals surface area contributed by atoms with Crippen molar-refractivity contribution < 1.29 is 22.8 Å². The minimum absolute atomic E-state index is 0.129. The lowest BCUT2D eigenvalue weighted by Crippen LogP contribution is -2.53. The summed E-state index contributed by atoms with van der Waals surface area (Å²) in [6.45, 7) is 6.54. The summed E-state index contributed by atoms with van der Waals surface area (Å²) >= 11 is 0. The summed E-state index contributed by atoms with van der Waals surface area (Å²) in [7, 11) is -3.60. The number of amides is 3. The van der Waals surface area contributed by atoms with E-state index in [0.717, 1.165) is 32.1 Å². The summed E-state index contributed by atoms with van der Waals surface area (Å²) in [5.41, 5.74) is 0.733. The Morgan fingerprint density at radius 3 is 2.36 bits per heavy atom. The molecule has 2 fully saturated rings. The van der Waals surface area contributed by atoms with Gasteiger partial charge in [0.05, 0.1) is 24.1 Å². The smallest absolute Gasteiger partial charge is 0.256 e. The number of carbonyl (C=O) groups is 3. The second-order valence-corrected chi connectivity index (χ2v) is 10.6. The van der Waals surface area contributed by atoms with Crippen molar-refractivity contribution in [3.8, 4) is 0 Å². The topological polar surface area (TPSA) is 119 Å². The number of carbonyl (C=O) groups excluding carboxylic acids is 3. The van der Waals surface area contributed by atoms with Crippen LogP contribution in [0.4, 0.5) is 11.4 Å². The molecule has 2 heterocycles. The molecule has 1 aromatic carbocycles. The molecule has 182 valence electrons. The van der Waals surface area contributed by atoms with Crippen LogP contribution in [0.5, 0.6) is 0 Å². The Balaban J connectivity index is 1.66. The Hall–Kier alpha value is -2.66. The van der Waals surface area contributed by atoms with Crippen molar-refractivity contribution in [3.63, 3.8) is 0 Å². The number of sulfonamides is 1. The van der Waals surface area contributed by atoms with E-state index in [4.69, 9.17) is 0 Å². The van der Waals surface area contributed by atoms with Crippen LogP contribution < -0.4 is 10.0 Å². The molecular formula is C22H33N5O5S. The van der Waals surface area contributed by atoms with E-state index in [0.29, 0.717) is 38.4 Å². The van der Waals surface area contributed by atoms with Gasteiger partial charge in [-0.05, 0) is 44.4 Å². The van der Waals surface area contributed by atoms with E-state index in [2.05, 4.69) is 21.9 Å². The normalized spacial score (nSPS) is 19.8. The van der Waals surface area contributed by atoms with Crippen molar-refractivity contribution in [2.75, 3.05) is 55.6 Å². The van der Waals surface area contributed by atoms with Gasteiger partial charge in [0.25, 0.3) is 5.91 Å². The Labute approximate surface area is 195 Å². The SMILES string of the molecule is CC(=O)Nc1ccc(NS(C)(=O)=O)c(C(=O)N2CCN(CC(=O)N3CCCCC3C)CC2)c1. The fourth-order valence-electron chi connectivity index (χ4n) is 4.32. The number of hydrogen-bond acceptors (Lipinski definition) is 6. The maximum atomic E-state index is 13.2. The van der Waals surface area contributed by atoms with Gasteiger partial charge in [-0.1, -0.05) is 0 Å². The maximum Gasteiger partial charge on any atom is 0.256 e. The van der Waals surface area contributed by atoms with Crippen LogP contribution in [0, 0.1) is 0 Å². The number of hydrogen-bond donors (Lipinski definition) is 2. The van der Waals surface area contributed by atoms with E-state index >= 15 is 0 Å². The first-order valence-electron chi connectivity index (χ1n) is 11.2. The predicted octanol–water partition coefficient (Wildman–Crippen LogP) is 1.18. The summed E-state index contributed by atoms with van der Waals surface area (Å²) in [4.78, 5) is 43.0. The molecule has 2 saturated heterocycles. The van der Waals surface area contributed by atoms with Crippen LogP contribution in [0.1, 0.15) is 43.5 Å². The summed E-state index contributed by atoms with van der Waals surface area (Å²) in [6.07, 6.45) is 4.25. The maximum absolute atomic E-state index is 13.2. The molecule has 0 aromatic heterocycles. The Morgan fingerprint density at radius 2 is 1.76 bits per heavy atom. The lowest BCUT2D eigenvalue weighted by molar-refractivity contribution is -0.136. The third kappa shape index (κ3) is 6.91. The molecule has 3 rings (SSSR count). The van der Waals surface area contributed by atoms with Gasteiger partial charge in [0, 0.05) is 51.4 Å². The molecule has 0 saturated carbocycles. The highest BCUT2D eigenvalue weighted by atomic mass is 32.2. The molecule has 0 bridgehead atoms. The minimum Gasteiger partial charge on any atom is -0.339 e. The summed E-state index contributed by atoms with van der Waals surface area (Å²) in [5, 5.41) is 2.62. The van der Waals surface area contributed by atoms with E-state index in [1.165, 1.54) is 25.1 Å². The van der Waals surface area contributed by atoms with Crippen molar-refractivity contribution in [1.29, 1.82) is 0 Å². The van der Waals surface area contributed by atoms with Crippen LogP contribution >= 0.6 is 0 Å². The average molecular weight is 480 g/mol. The molecule has 3 amide bonds. The Kier molecular flexibility index (Phi) is 7.96. The highest BCUT2D eigenvalue weighted by Crippen LogP contribution is 2.24. The van der Waals surface area contributed by atoms with E-state index in [1.807, 2.05) is 4.90 Å². The number of piperidine rings is 1. The van der Waals surface area contributed by atoms with Gasteiger partial charge in [-0.15, -0.1) is 0 Å². The zero-order valence-corrected chi connectivity index (χ0v) is 20.3. The molecule has 11 heteroatoms. The zero-order chi connectivity index (χ0) is 24.2. The fourth-order valence-corrected chi connectivity index (χ4v) is 4.90. The Morgan fingerprint density at radius 1 is 1.06 bits per heavy atom. The number of benzene rings is 1. The number of anilines is 2. The third-order valence-corrected chi connectivity index (χ3v) is 6.60. The number of nitrogens with zero attached hydrogens (tertiary/aromatic N) is 3. The van der Waals surface area contributed by atoms with Crippen LogP contribution in [0.3, 0.4) is 0 Å². The number of nitrogens with one attached hydrogen (secondary N) is 2. The van der Waals surface area contributed by atoms with Crippen molar-refractivity contribution in [2.45, 2.75) is 39.2 Å². The van der Waals surface area contributed by atoms with Gasteiger partial charge >= 0.3 is 0 Å². The molecule has 10 nitrogen and oxygen atoms in total. The van der Waals surface area contributed by atoms with Gasteiger partial charge in [0.15, 0.2) is 0 Å². The quantitative estimate of drug-likeness (QED) is 0.632. The summed E-state index contributed by atoms with van der Waals surface area (Å²) in [6, 6.07) is 4.75. The van der Waals surface area contributed by atoms with Crippen LogP contribution in [0.2, 0.25) is 0 Å². The molecule has 1 aromatic rings. The lowest BCUT2D eigenvalue weighted by atomic mass is 10.0. The number of rotatable bonds is 6.